The molecule has 0 heterocycles. The number of carbonyl (C=O) groups is 2. The highest BCUT2D eigenvalue weighted by Crippen LogP contribution is 2.33. The second kappa shape index (κ2) is 18.9. The first-order valence-corrected chi connectivity index (χ1v) is 19.0. The Kier molecular flexibility index (Phi) is 14.6. The quantitative estimate of drug-likeness (QED) is 0.0637. The maximum atomic E-state index is 15.7. The van der Waals surface area contributed by atoms with Crippen LogP contribution in [0.2, 0.25) is 0 Å². The predicted octanol–water partition coefficient (Wildman–Crippen LogP) is 7.62. The molecule has 0 aliphatic carbocycles. The SMILES string of the molecule is C[C@@H](O)CN(C[C@H](CCc1c(F)cccc1CC(=O)[C@@H](N=[N+]=[N-])C(c1cccc(F)c1)c1cccc(F)c1)NS(=O)(=O)c1ccccc1)C(=O)OC(C)(C)C. The first-order chi connectivity index (χ1) is 26.0. The smallest absolute Gasteiger partial charge is 0.410 e. The van der Waals surface area contributed by atoms with Crippen LogP contribution in [0, 0.1) is 17.5 Å². The van der Waals surface area contributed by atoms with Gasteiger partial charge < -0.3 is 14.7 Å². The molecule has 0 saturated heterocycles. The Labute approximate surface area is 318 Å². The molecule has 1 amide bonds. The van der Waals surface area contributed by atoms with Crippen LogP contribution in [0.1, 0.15) is 62.3 Å². The maximum absolute atomic E-state index is 15.7. The Morgan fingerprint density at radius 3 is 2.05 bits per heavy atom. The number of aliphatic hydroxyl groups excluding tert-OH is 1. The van der Waals surface area contributed by atoms with Crippen molar-refractivity contribution in [1.29, 1.82) is 0 Å². The molecule has 4 aromatic rings. The van der Waals surface area contributed by atoms with Crippen LogP contribution < -0.4 is 4.72 Å². The lowest BCUT2D eigenvalue weighted by atomic mass is 9.81. The highest BCUT2D eigenvalue weighted by molar-refractivity contribution is 7.89. The number of hydrogen-bond donors (Lipinski definition) is 2. The van der Waals surface area contributed by atoms with Crippen LogP contribution in [0.4, 0.5) is 18.0 Å². The topological polar surface area (TPSA) is 162 Å². The van der Waals surface area contributed by atoms with Gasteiger partial charge in [-0.25, -0.2) is 31.1 Å². The minimum Gasteiger partial charge on any atom is -0.444 e. The van der Waals surface area contributed by atoms with Gasteiger partial charge in [0.1, 0.15) is 34.9 Å². The molecule has 55 heavy (non-hydrogen) atoms. The zero-order valence-electron chi connectivity index (χ0n) is 30.9. The molecule has 0 bridgehead atoms. The van der Waals surface area contributed by atoms with Crippen molar-refractivity contribution < 1.29 is 41.0 Å². The van der Waals surface area contributed by atoms with Crippen LogP contribution in [0.15, 0.2) is 107 Å². The van der Waals surface area contributed by atoms with Crippen LogP contribution >= 0.6 is 0 Å². The molecule has 0 unspecified atom stereocenters. The average molecular weight is 780 g/mol. The van der Waals surface area contributed by atoms with Crippen molar-refractivity contribution in [2.45, 2.75) is 81.6 Å². The number of sulfonamides is 1. The number of hydrogen-bond acceptors (Lipinski definition) is 7. The standard InChI is InChI=1S/C40H44F3N5O6S/c1-26(49)24-48(39(51)54-40(2,3)4)25-32(46-55(52,53)33-16-6-5-7-17-33)19-20-34-27(11-10-18-35(34)43)23-36(50)38(45-47-44)37(28-12-8-14-30(41)21-28)29-13-9-15-31(42)22-29/h5-18,21-22,26,32,37-38,46,49H,19-20,23-25H2,1-4H3/t26-,32+,38-/m1/s1. The summed E-state index contributed by atoms with van der Waals surface area (Å²) in [7, 11) is -4.16. The summed E-state index contributed by atoms with van der Waals surface area (Å²) in [6.07, 6.45) is -2.47. The molecular formula is C40H44F3N5O6S. The van der Waals surface area contributed by atoms with Crippen LogP contribution in [0.25, 0.3) is 10.4 Å². The van der Waals surface area contributed by atoms with E-state index in [1.165, 1.54) is 78.6 Å². The van der Waals surface area contributed by atoms with Crippen molar-refractivity contribution in [3.8, 4) is 0 Å². The van der Waals surface area contributed by atoms with Gasteiger partial charge >= 0.3 is 6.09 Å². The Balaban J connectivity index is 1.69. The van der Waals surface area contributed by atoms with E-state index in [0.29, 0.717) is 0 Å². The van der Waals surface area contributed by atoms with Gasteiger partial charge in [-0.2, -0.15) is 0 Å². The molecule has 3 atom stereocenters. The first kappa shape index (κ1) is 42.5. The van der Waals surface area contributed by atoms with Gasteiger partial charge in [0.25, 0.3) is 0 Å². The molecule has 0 aliphatic rings. The third kappa shape index (κ3) is 12.4. The molecule has 2 N–H and O–H groups in total. The average Bonchev–Trinajstić information content (AvgIpc) is 3.10. The molecule has 0 radical (unpaired) electrons. The lowest BCUT2D eigenvalue weighted by Gasteiger charge is -2.31. The Morgan fingerprint density at radius 1 is 0.909 bits per heavy atom. The van der Waals surface area contributed by atoms with E-state index in [-0.39, 0.29) is 53.1 Å². The molecule has 0 aliphatic heterocycles. The Hall–Kier alpha value is -5.21. The predicted molar refractivity (Wildman–Crippen MR) is 201 cm³/mol. The van der Waals surface area contributed by atoms with Gasteiger partial charge in [0.2, 0.25) is 10.0 Å². The lowest BCUT2D eigenvalue weighted by Crippen LogP contribution is -2.49. The highest BCUT2D eigenvalue weighted by Gasteiger charge is 2.32. The van der Waals surface area contributed by atoms with Crippen molar-refractivity contribution in [3.05, 3.63) is 147 Å². The van der Waals surface area contributed by atoms with Gasteiger partial charge in [0.15, 0.2) is 0 Å². The van der Waals surface area contributed by atoms with E-state index in [1.54, 1.807) is 39.0 Å². The van der Waals surface area contributed by atoms with Gasteiger partial charge in [0, 0.05) is 36.4 Å². The maximum Gasteiger partial charge on any atom is 0.410 e. The van der Waals surface area contributed by atoms with Crippen molar-refractivity contribution in [1.82, 2.24) is 9.62 Å². The number of nitrogens with zero attached hydrogens (tertiary/aromatic N) is 4. The summed E-state index contributed by atoms with van der Waals surface area (Å²) in [6.45, 7) is 5.97. The van der Waals surface area contributed by atoms with E-state index in [2.05, 4.69) is 14.7 Å². The summed E-state index contributed by atoms with van der Waals surface area (Å²) < 4.78 is 79.7. The van der Waals surface area contributed by atoms with E-state index in [9.17, 15) is 37.4 Å². The molecule has 15 heteroatoms. The summed E-state index contributed by atoms with van der Waals surface area (Å²) in [5, 5.41) is 14.0. The van der Waals surface area contributed by atoms with Crippen LogP contribution in [0.3, 0.4) is 0 Å². The lowest BCUT2D eigenvalue weighted by molar-refractivity contribution is -0.119. The molecule has 292 valence electrons. The third-order valence-corrected chi connectivity index (χ3v) is 10.0. The number of halogens is 3. The molecule has 4 rings (SSSR count). The summed E-state index contributed by atoms with van der Waals surface area (Å²) in [5.41, 5.74) is 9.40. The van der Waals surface area contributed by atoms with Gasteiger partial charge in [-0.05, 0) is 111 Å². The number of Topliss-reactive ketones (excluding diaryl/α,β-unsaturated/α-hetero) is 1. The highest BCUT2D eigenvalue weighted by atomic mass is 32.2. The number of ketones is 1. The van der Waals surface area contributed by atoms with Crippen LogP contribution in [0.5, 0.6) is 0 Å². The van der Waals surface area contributed by atoms with Gasteiger partial charge in [-0.15, -0.1) is 0 Å². The number of aliphatic hydroxyl groups is 1. The monoisotopic (exact) mass is 779 g/mol. The normalized spacial score (nSPS) is 13.4. The summed E-state index contributed by atoms with van der Waals surface area (Å²) in [4.78, 5) is 31.3. The second-order valence-electron chi connectivity index (χ2n) is 14.2. The van der Waals surface area contributed by atoms with Gasteiger partial charge in [-0.1, -0.05) is 59.7 Å². The van der Waals surface area contributed by atoms with Crippen molar-refractivity contribution in [2.24, 2.45) is 5.11 Å². The fraction of sp³-hybridized carbons (Fsp3) is 0.350. The Bertz CT molecular complexity index is 2060. The van der Waals surface area contributed by atoms with Gasteiger partial charge in [0.05, 0.1) is 11.0 Å². The van der Waals surface area contributed by atoms with E-state index in [1.807, 2.05) is 0 Å². The van der Waals surface area contributed by atoms with E-state index in [4.69, 9.17) is 4.74 Å². The zero-order chi connectivity index (χ0) is 40.3. The summed E-state index contributed by atoms with van der Waals surface area (Å²) >= 11 is 0. The van der Waals surface area contributed by atoms with E-state index in [0.717, 1.165) is 12.1 Å². The molecule has 0 aromatic heterocycles. The molecular weight excluding hydrogens is 736 g/mol. The van der Waals surface area contributed by atoms with Gasteiger partial charge in [-0.3, -0.25) is 4.79 Å². The number of carbonyl (C=O) groups excluding carboxylic acids is 2. The third-order valence-electron chi connectivity index (χ3n) is 8.51. The van der Waals surface area contributed by atoms with Crippen LogP contribution in [-0.4, -0.2) is 67.2 Å². The van der Waals surface area contributed by atoms with E-state index < -0.39 is 75.5 Å². The molecule has 11 nitrogen and oxygen atoms in total. The fourth-order valence-corrected chi connectivity index (χ4v) is 7.48. The molecule has 0 spiro atoms. The van der Waals surface area contributed by atoms with Crippen molar-refractivity contribution in [3.63, 3.8) is 0 Å². The second-order valence-corrected chi connectivity index (χ2v) is 15.9. The Morgan fingerprint density at radius 2 is 1.51 bits per heavy atom. The minimum atomic E-state index is -4.16. The number of azide groups is 1. The molecule has 0 saturated carbocycles. The zero-order valence-corrected chi connectivity index (χ0v) is 31.7. The first-order valence-electron chi connectivity index (χ1n) is 17.5. The van der Waals surface area contributed by atoms with Crippen molar-refractivity contribution >= 4 is 21.9 Å². The number of nitrogens with one attached hydrogen (secondary N) is 1. The number of benzene rings is 4. The number of rotatable bonds is 17. The molecule has 4 aromatic carbocycles. The summed E-state index contributed by atoms with van der Waals surface area (Å²) in [5.74, 6) is -3.73. The van der Waals surface area contributed by atoms with Crippen molar-refractivity contribution in [2.75, 3.05) is 13.1 Å². The summed E-state index contributed by atoms with van der Waals surface area (Å²) in [6, 6.07) is 19.6. The number of amides is 1. The molecule has 0 fully saturated rings. The largest absolute Gasteiger partial charge is 0.444 e. The minimum absolute atomic E-state index is 0.0493. The number of ether oxygens (including phenoxy) is 1. The van der Waals surface area contributed by atoms with Crippen LogP contribution in [-0.2, 0) is 32.4 Å². The fourth-order valence-electron chi connectivity index (χ4n) is 6.20. The van der Waals surface area contributed by atoms with E-state index >= 15 is 4.39 Å².